The van der Waals surface area contributed by atoms with Gasteiger partial charge in [0.25, 0.3) is 0 Å². The highest BCUT2D eigenvalue weighted by molar-refractivity contribution is 6.02. The van der Waals surface area contributed by atoms with Crippen LogP contribution in [0.5, 0.6) is 11.5 Å². The highest BCUT2D eigenvalue weighted by Crippen LogP contribution is 2.47. The topological polar surface area (TPSA) is 59.9 Å². The Balaban J connectivity index is 1.65. The molecule has 1 aliphatic carbocycles. The van der Waals surface area contributed by atoms with Crippen molar-refractivity contribution in [3.63, 3.8) is 0 Å². The quantitative estimate of drug-likeness (QED) is 0.649. The van der Waals surface area contributed by atoms with Crippen LogP contribution in [0.15, 0.2) is 53.6 Å². The van der Waals surface area contributed by atoms with Crippen LogP contribution < -0.4 is 14.9 Å². The molecule has 0 aromatic heterocycles. The van der Waals surface area contributed by atoms with E-state index in [1.165, 1.54) is 5.56 Å². The van der Waals surface area contributed by atoms with Crippen LogP contribution in [0.4, 0.5) is 0 Å². The summed E-state index contributed by atoms with van der Waals surface area (Å²) < 4.78 is 10.6. The Kier molecular flexibility index (Phi) is 5.03. The number of benzene rings is 2. The molecular weight excluding hydrogens is 316 g/mol. The van der Waals surface area contributed by atoms with Gasteiger partial charge in [-0.25, -0.2) is 5.43 Å². The molecule has 5 nitrogen and oxygen atoms in total. The first-order valence-electron chi connectivity index (χ1n) is 8.25. The number of nitrogens with one attached hydrogen (secondary N) is 1. The van der Waals surface area contributed by atoms with Gasteiger partial charge in [-0.1, -0.05) is 30.3 Å². The van der Waals surface area contributed by atoms with Crippen molar-refractivity contribution in [1.82, 2.24) is 5.43 Å². The molecule has 0 spiro atoms. The van der Waals surface area contributed by atoms with Crippen LogP contribution in [0, 0.1) is 5.92 Å². The summed E-state index contributed by atoms with van der Waals surface area (Å²) in [6.45, 7) is 1.84. The number of methoxy groups -OCH3 is 2. The molecule has 3 rings (SSSR count). The van der Waals surface area contributed by atoms with Crippen molar-refractivity contribution in [3.05, 3.63) is 59.7 Å². The second-order valence-electron chi connectivity index (χ2n) is 6.10. The van der Waals surface area contributed by atoms with Gasteiger partial charge in [0, 0.05) is 17.5 Å². The second kappa shape index (κ2) is 7.38. The summed E-state index contributed by atoms with van der Waals surface area (Å²) in [6.07, 6.45) is 0.871. The van der Waals surface area contributed by atoms with Gasteiger partial charge in [-0.2, -0.15) is 5.10 Å². The van der Waals surface area contributed by atoms with Gasteiger partial charge in [-0.05, 0) is 37.0 Å². The van der Waals surface area contributed by atoms with Gasteiger partial charge in [0.2, 0.25) is 5.91 Å². The summed E-state index contributed by atoms with van der Waals surface area (Å²) in [6, 6.07) is 15.6. The van der Waals surface area contributed by atoms with Crippen LogP contribution in [0.25, 0.3) is 0 Å². The van der Waals surface area contributed by atoms with Crippen molar-refractivity contribution >= 4 is 11.6 Å². The first kappa shape index (κ1) is 17.0. The van der Waals surface area contributed by atoms with Crippen LogP contribution >= 0.6 is 0 Å². The Morgan fingerprint density at radius 3 is 2.56 bits per heavy atom. The summed E-state index contributed by atoms with van der Waals surface area (Å²) >= 11 is 0. The maximum Gasteiger partial charge on any atom is 0.243 e. The van der Waals surface area contributed by atoms with Crippen LogP contribution in [-0.4, -0.2) is 25.8 Å². The Labute approximate surface area is 147 Å². The smallest absolute Gasteiger partial charge is 0.243 e. The molecule has 0 unspecified atom stereocenters. The molecule has 2 atom stereocenters. The Hall–Kier alpha value is -2.82. The molecular formula is C20H22N2O3. The summed E-state index contributed by atoms with van der Waals surface area (Å²) in [7, 11) is 3.20. The fourth-order valence-electron chi connectivity index (χ4n) is 2.93. The van der Waals surface area contributed by atoms with Crippen molar-refractivity contribution in [2.24, 2.45) is 11.0 Å². The number of hydrogen-bond acceptors (Lipinski definition) is 4. The first-order chi connectivity index (χ1) is 12.1. The van der Waals surface area contributed by atoms with Crippen LogP contribution in [-0.2, 0) is 4.79 Å². The largest absolute Gasteiger partial charge is 0.497 e. The summed E-state index contributed by atoms with van der Waals surface area (Å²) in [4.78, 5) is 12.3. The van der Waals surface area contributed by atoms with E-state index in [2.05, 4.69) is 22.7 Å². The van der Waals surface area contributed by atoms with E-state index in [1.54, 1.807) is 20.3 Å². The molecule has 0 bridgehead atoms. The lowest BCUT2D eigenvalue weighted by molar-refractivity contribution is -0.122. The third kappa shape index (κ3) is 3.82. The zero-order chi connectivity index (χ0) is 17.8. The molecule has 0 saturated heterocycles. The molecule has 2 aromatic carbocycles. The average Bonchev–Trinajstić information content (AvgIpc) is 3.47. The van der Waals surface area contributed by atoms with Gasteiger partial charge < -0.3 is 9.47 Å². The predicted octanol–water partition coefficient (Wildman–Crippen LogP) is 3.35. The zero-order valence-corrected chi connectivity index (χ0v) is 14.7. The molecule has 0 radical (unpaired) electrons. The number of nitrogens with zero attached hydrogens (tertiary/aromatic N) is 1. The number of hydrogen-bond donors (Lipinski definition) is 1. The van der Waals surface area contributed by atoms with Gasteiger partial charge >= 0.3 is 0 Å². The first-order valence-corrected chi connectivity index (χ1v) is 8.25. The van der Waals surface area contributed by atoms with Gasteiger partial charge in [0.05, 0.1) is 19.9 Å². The van der Waals surface area contributed by atoms with Gasteiger partial charge in [0.15, 0.2) is 0 Å². The van der Waals surface area contributed by atoms with E-state index in [1.807, 2.05) is 37.3 Å². The van der Waals surface area contributed by atoms with E-state index < -0.39 is 0 Å². The molecule has 130 valence electrons. The van der Waals surface area contributed by atoms with E-state index in [9.17, 15) is 4.79 Å². The SMILES string of the molecule is COc1ccc(C(C)=NNC(=O)[C@@H]2C[C@H]2c2ccccc2)c(OC)c1. The van der Waals surface area contributed by atoms with Crippen molar-refractivity contribution < 1.29 is 14.3 Å². The van der Waals surface area contributed by atoms with Crippen LogP contribution in [0.3, 0.4) is 0 Å². The fourth-order valence-corrected chi connectivity index (χ4v) is 2.93. The lowest BCUT2D eigenvalue weighted by atomic mass is 10.1. The minimum absolute atomic E-state index is 0.00304. The van der Waals surface area contributed by atoms with Gasteiger partial charge in [0.1, 0.15) is 11.5 Å². The maximum absolute atomic E-state index is 12.3. The molecule has 5 heteroatoms. The lowest BCUT2D eigenvalue weighted by Gasteiger charge is -2.10. The summed E-state index contributed by atoms with van der Waals surface area (Å²) in [5, 5.41) is 4.24. The lowest BCUT2D eigenvalue weighted by Crippen LogP contribution is -2.21. The van der Waals surface area contributed by atoms with E-state index in [0.717, 1.165) is 12.0 Å². The monoisotopic (exact) mass is 338 g/mol. The van der Waals surface area contributed by atoms with E-state index in [-0.39, 0.29) is 11.8 Å². The van der Waals surface area contributed by atoms with Crippen molar-refractivity contribution in [2.75, 3.05) is 14.2 Å². The zero-order valence-electron chi connectivity index (χ0n) is 14.7. The fraction of sp³-hybridized carbons (Fsp3) is 0.300. The number of carbonyl (C=O) groups excluding carboxylic acids is 1. The Morgan fingerprint density at radius 2 is 1.88 bits per heavy atom. The standard InChI is InChI=1S/C20H22N2O3/c1-13(16-10-9-15(24-2)11-19(16)25-3)21-22-20(23)18-12-17(18)14-7-5-4-6-8-14/h4-11,17-18H,12H2,1-3H3,(H,22,23)/t17-,18+/m0/s1. The summed E-state index contributed by atoms with van der Waals surface area (Å²) in [5.74, 6) is 1.62. The van der Waals surface area contributed by atoms with Crippen molar-refractivity contribution in [3.8, 4) is 11.5 Å². The van der Waals surface area contributed by atoms with E-state index in [0.29, 0.717) is 23.1 Å². The molecule has 25 heavy (non-hydrogen) atoms. The maximum atomic E-state index is 12.3. The number of rotatable bonds is 6. The molecule has 2 aromatic rings. The second-order valence-corrected chi connectivity index (χ2v) is 6.10. The molecule has 1 amide bonds. The predicted molar refractivity (Wildman–Crippen MR) is 97.2 cm³/mol. The van der Waals surface area contributed by atoms with E-state index in [4.69, 9.17) is 9.47 Å². The number of hydrazone groups is 1. The van der Waals surface area contributed by atoms with E-state index >= 15 is 0 Å². The van der Waals surface area contributed by atoms with Crippen molar-refractivity contribution in [2.45, 2.75) is 19.3 Å². The third-order valence-electron chi connectivity index (χ3n) is 4.49. The number of amides is 1. The summed E-state index contributed by atoms with van der Waals surface area (Å²) in [5.41, 5.74) is 5.40. The molecule has 0 heterocycles. The molecule has 0 aliphatic heterocycles. The average molecular weight is 338 g/mol. The molecule has 1 fully saturated rings. The van der Waals surface area contributed by atoms with Crippen LogP contribution in [0.2, 0.25) is 0 Å². The molecule has 1 saturated carbocycles. The molecule has 1 N–H and O–H groups in total. The highest BCUT2D eigenvalue weighted by Gasteiger charge is 2.43. The Bertz CT molecular complexity index is 787. The normalized spacial score (nSPS) is 19.2. The number of ether oxygens (including phenoxy) is 2. The van der Waals surface area contributed by atoms with Crippen molar-refractivity contribution in [1.29, 1.82) is 0 Å². The Morgan fingerprint density at radius 1 is 1.12 bits per heavy atom. The third-order valence-corrected chi connectivity index (χ3v) is 4.49. The molecule has 1 aliphatic rings. The van der Waals surface area contributed by atoms with Crippen LogP contribution in [0.1, 0.15) is 30.4 Å². The number of carbonyl (C=O) groups is 1. The minimum atomic E-state index is -0.0410. The minimum Gasteiger partial charge on any atom is -0.497 e. The van der Waals surface area contributed by atoms with Gasteiger partial charge in [-0.15, -0.1) is 0 Å². The van der Waals surface area contributed by atoms with Gasteiger partial charge in [-0.3, -0.25) is 4.79 Å². The highest BCUT2D eigenvalue weighted by atomic mass is 16.5.